The van der Waals surface area contributed by atoms with Crippen LogP contribution in [-0.4, -0.2) is 53.5 Å². The average Bonchev–Trinajstić information content (AvgIpc) is 3.16. The van der Waals surface area contributed by atoms with E-state index in [1.165, 1.54) is 16.7 Å². The van der Waals surface area contributed by atoms with Crippen LogP contribution < -0.4 is 5.32 Å². The Balaban J connectivity index is 1.14. The lowest BCUT2D eigenvalue weighted by molar-refractivity contribution is -0.122. The second-order valence-electron chi connectivity index (χ2n) is 13.8. The van der Waals surface area contributed by atoms with Gasteiger partial charge in [0.05, 0.1) is 47.5 Å². The quantitative estimate of drug-likeness (QED) is 0.0325. The molecule has 9 heteroatoms. The van der Waals surface area contributed by atoms with Crippen molar-refractivity contribution < 1.29 is 19.4 Å². The predicted molar refractivity (Wildman–Crippen MR) is 214 cm³/mol. The zero-order valence-corrected chi connectivity index (χ0v) is 31.9. The summed E-state index contributed by atoms with van der Waals surface area (Å²) in [6.45, 7) is 7.28. The Hall–Kier alpha value is -4.83. The molecule has 0 radical (unpaired) electrons. The van der Waals surface area contributed by atoms with E-state index in [9.17, 15) is 14.7 Å². The highest BCUT2D eigenvalue weighted by atomic mass is 32.2. The Morgan fingerprint density at radius 3 is 1.92 bits per heavy atom. The first-order chi connectivity index (χ1) is 25.1. The number of pyridine rings is 2. The van der Waals surface area contributed by atoms with Crippen molar-refractivity contribution in [2.24, 2.45) is 0 Å². The number of hydrogen-bond donors (Lipinski definition) is 2. The number of aliphatic hydroxyl groups excluding tert-OH is 1. The Bertz CT molecular complexity index is 1820. The van der Waals surface area contributed by atoms with E-state index < -0.39 is 24.9 Å². The Kier molecular flexibility index (Phi) is 13.7. The number of thioether (sulfide) groups is 1. The summed E-state index contributed by atoms with van der Waals surface area (Å²) in [6, 6.07) is 43.2. The summed E-state index contributed by atoms with van der Waals surface area (Å²) in [5.41, 5.74) is 5.61. The Morgan fingerprint density at radius 1 is 0.788 bits per heavy atom. The molecule has 0 fully saturated rings. The number of allylic oxidation sites excluding steroid dienone is 1. The fourth-order valence-corrected chi connectivity index (χ4v) is 7.94. The van der Waals surface area contributed by atoms with Crippen LogP contribution in [-0.2, 0) is 20.8 Å². The van der Waals surface area contributed by atoms with E-state index in [1.807, 2.05) is 54.2 Å². The van der Waals surface area contributed by atoms with Gasteiger partial charge in [-0.2, -0.15) is 0 Å². The van der Waals surface area contributed by atoms with E-state index in [1.54, 1.807) is 24.3 Å². The molecule has 5 rings (SSSR count). The number of benzene rings is 3. The number of carbonyl (C=O) groups is 2. The molecular weight excluding hydrogens is 683 g/mol. The third kappa shape index (κ3) is 10.8. The molecule has 0 spiro atoms. The van der Waals surface area contributed by atoms with Gasteiger partial charge in [-0.3, -0.25) is 4.79 Å². The lowest BCUT2D eigenvalue weighted by Gasteiger charge is -2.35. The molecule has 5 aromatic rings. The van der Waals surface area contributed by atoms with Crippen molar-refractivity contribution in [2.75, 3.05) is 12.4 Å². The molecule has 0 aliphatic heterocycles. The number of ether oxygens (including phenoxy) is 1. The third-order valence-corrected chi connectivity index (χ3v) is 11.8. The summed E-state index contributed by atoms with van der Waals surface area (Å²) in [5.74, 6) is 0.0684. The average molecular weight is 730 g/mol. The van der Waals surface area contributed by atoms with Crippen molar-refractivity contribution in [2.45, 2.75) is 55.9 Å². The lowest BCUT2D eigenvalue weighted by Crippen LogP contribution is -2.26. The fraction of sp³-hybridized carbons (Fsp3) is 0.256. The largest absolute Gasteiger partial charge is 0.461 e. The van der Waals surface area contributed by atoms with Gasteiger partial charge in [-0.15, -0.1) is 11.8 Å². The lowest BCUT2D eigenvalue weighted by atomic mass is 9.84. The van der Waals surface area contributed by atoms with Gasteiger partial charge >= 0.3 is 5.97 Å². The van der Waals surface area contributed by atoms with Gasteiger partial charge in [-0.25, -0.2) is 14.8 Å². The molecule has 0 saturated heterocycles. The van der Waals surface area contributed by atoms with Gasteiger partial charge in [-0.1, -0.05) is 135 Å². The van der Waals surface area contributed by atoms with E-state index in [0.717, 1.165) is 18.2 Å². The van der Waals surface area contributed by atoms with Crippen LogP contribution in [0.15, 0.2) is 140 Å². The molecule has 0 unspecified atom stereocenters. The first kappa shape index (κ1) is 38.4. The van der Waals surface area contributed by atoms with Crippen molar-refractivity contribution in [1.29, 1.82) is 0 Å². The maximum Gasteiger partial charge on any atom is 0.356 e. The maximum absolute atomic E-state index is 12.7. The molecule has 1 atom stereocenters. The number of hydrogen-bond acceptors (Lipinski definition) is 7. The number of rotatable bonds is 17. The van der Waals surface area contributed by atoms with Crippen molar-refractivity contribution >= 4 is 31.7 Å². The van der Waals surface area contributed by atoms with E-state index in [4.69, 9.17) is 4.74 Å². The van der Waals surface area contributed by atoms with Crippen molar-refractivity contribution in [1.82, 2.24) is 15.3 Å². The summed E-state index contributed by atoms with van der Waals surface area (Å²) in [4.78, 5) is 34.4. The second kappa shape index (κ2) is 18.6. The molecule has 0 saturated carbocycles. The number of aliphatic hydroxyl groups is 1. The normalized spacial score (nSPS) is 12.4. The number of amides is 1. The molecule has 2 heterocycles. The SMILES string of the molecule is C[Si](C)(C)CCOC(=O)c1cccc(-c2cccc(CNC(=O)C[C@H](O)/C=C/CCSC(c3ccccc3)(c3ccccc3)c3ccccc3)n2)n1. The highest BCUT2D eigenvalue weighted by Crippen LogP contribution is 2.48. The summed E-state index contributed by atoms with van der Waals surface area (Å²) < 4.78 is 5.05. The van der Waals surface area contributed by atoms with Gasteiger partial charge in [0.25, 0.3) is 0 Å². The van der Waals surface area contributed by atoms with Crippen LogP contribution in [0.25, 0.3) is 11.4 Å². The first-order valence-electron chi connectivity index (χ1n) is 17.7. The van der Waals surface area contributed by atoms with Crippen LogP contribution in [0, 0.1) is 0 Å². The highest BCUT2D eigenvalue weighted by molar-refractivity contribution is 8.00. The van der Waals surface area contributed by atoms with Crippen LogP contribution in [0.3, 0.4) is 0 Å². The second-order valence-corrected chi connectivity index (χ2v) is 20.7. The van der Waals surface area contributed by atoms with E-state index in [0.29, 0.717) is 23.7 Å². The number of nitrogens with zero attached hydrogens (tertiary/aromatic N) is 2. The van der Waals surface area contributed by atoms with E-state index >= 15 is 0 Å². The number of nitrogens with one attached hydrogen (secondary N) is 1. The Labute approximate surface area is 312 Å². The molecule has 0 bridgehead atoms. The molecule has 2 aromatic heterocycles. The zero-order valence-electron chi connectivity index (χ0n) is 30.1. The third-order valence-electron chi connectivity index (χ3n) is 8.48. The molecule has 0 aliphatic rings. The number of esters is 1. The molecule has 1 amide bonds. The molecular formula is C43H47N3O4SSi. The van der Waals surface area contributed by atoms with Gasteiger partial charge in [-0.05, 0) is 59.2 Å². The standard InChI is InChI=1S/C43H47N3O4SSi/c1-52(2,3)30-28-50-42(49)40-27-16-26-39(46-40)38-25-15-23-36(45-38)32-44-41(48)31-37(47)24-13-14-29-51-43(33-17-7-4-8-18-33,34-19-9-5-10-20-34)35-21-11-6-12-22-35/h4-13,15-27,37,47H,14,28-32H2,1-3H3,(H,44,48)/b24-13+/t37-/m1/s1. The zero-order chi connectivity index (χ0) is 36.8. The molecule has 268 valence electrons. The monoisotopic (exact) mass is 729 g/mol. The summed E-state index contributed by atoms with van der Waals surface area (Å²) in [7, 11) is -1.32. The summed E-state index contributed by atoms with van der Waals surface area (Å²) >= 11 is 1.86. The number of carbonyl (C=O) groups excluding carboxylic acids is 2. The van der Waals surface area contributed by atoms with E-state index in [-0.39, 0.29) is 24.6 Å². The maximum atomic E-state index is 12.7. The number of aromatic nitrogens is 2. The molecule has 2 N–H and O–H groups in total. The van der Waals surface area contributed by atoms with Crippen molar-refractivity contribution in [3.05, 3.63) is 168 Å². The van der Waals surface area contributed by atoms with Gasteiger partial charge in [0.1, 0.15) is 5.69 Å². The topological polar surface area (TPSA) is 101 Å². The molecule has 3 aromatic carbocycles. The molecule has 0 aliphatic carbocycles. The van der Waals surface area contributed by atoms with Gasteiger partial charge < -0.3 is 15.2 Å². The minimum Gasteiger partial charge on any atom is -0.461 e. The first-order valence-corrected chi connectivity index (χ1v) is 22.4. The summed E-state index contributed by atoms with van der Waals surface area (Å²) in [5, 5.41) is 13.5. The van der Waals surface area contributed by atoms with Crippen LogP contribution >= 0.6 is 11.8 Å². The van der Waals surface area contributed by atoms with E-state index in [2.05, 4.69) is 108 Å². The minimum absolute atomic E-state index is 0.0608. The van der Waals surface area contributed by atoms with Crippen LogP contribution in [0.1, 0.15) is 45.7 Å². The Morgan fingerprint density at radius 2 is 1.35 bits per heavy atom. The summed E-state index contributed by atoms with van der Waals surface area (Å²) in [6.07, 6.45) is 3.39. The van der Waals surface area contributed by atoms with Crippen LogP contribution in [0.4, 0.5) is 0 Å². The van der Waals surface area contributed by atoms with Crippen molar-refractivity contribution in [3.63, 3.8) is 0 Å². The molecule has 52 heavy (non-hydrogen) atoms. The van der Waals surface area contributed by atoms with Crippen LogP contribution in [0.2, 0.25) is 25.7 Å². The van der Waals surface area contributed by atoms with Gasteiger partial charge in [0.15, 0.2) is 0 Å². The van der Waals surface area contributed by atoms with Gasteiger partial charge in [0, 0.05) is 8.07 Å². The molecule has 7 nitrogen and oxygen atoms in total. The predicted octanol–water partition coefficient (Wildman–Crippen LogP) is 8.68. The highest BCUT2D eigenvalue weighted by Gasteiger charge is 2.36. The van der Waals surface area contributed by atoms with Crippen molar-refractivity contribution in [3.8, 4) is 11.4 Å². The van der Waals surface area contributed by atoms with Gasteiger partial charge in [0.2, 0.25) is 5.91 Å². The fourth-order valence-electron chi connectivity index (χ4n) is 5.76. The minimum atomic E-state index is -1.32. The van der Waals surface area contributed by atoms with Crippen LogP contribution in [0.5, 0.6) is 0 Å². The smallest absolute Gasteiger partial charge is 0.356 e.